The van der Waals surface area contributed by atoms with E-state index in [1.165, 1.54) is 24.3 Å². The fraction of sp³-hybridized carbons (Fsp3) is 0.250. The zero-order chi connectivity index (χ0) is 15.4. The van der Waals surface area contributed by atoms with Crippen LogP contribution in [0, 0.1) is 11.6 Å². The number of hydrogen-bond donors (Lipinski definition) is 1. The summed E-state index contributed by atoms with van der Waals surface area (Å²) in [4.78, 5) is 0. The molecule has 0 fully saturated rings. The molecule has 1 unspecified atom stereocenters. The second kappa shape index (κ2) is 6.87. The van der Waals surface area contributed by atoms with E-state index in [1.807, 2.05) is 6.92 Å². The Hall–Kier alpha value is -1.65. The number of nitrogens with one attached hydrogen (secondary N) is 1. The predicted molar refractivity (Wildman–Crippen MR) is 79.6 cm³/mol. The van der Waals surface area contributed by atoms with E-state index in [0.29, 0.717) is 16.9 Å². The monoisotopic (exact) mass is 311 g/mol. The molecule has 0 bridgehead atoms. The highest BCUT2D eigenvalue weighted by atomic mass is 35.5. The molecule has 0 spiro atoms. The van der Waals surface area contributed by atoms with Crippen LogP contribution >= 0.6 is 11.6 Å². The number of ether oxygens (including phenoxy) is 1. The summed E-state index contributed by atoms with van der Waals surface area (Å²) < 4.78 is 32.4. The molecule has 1 atom stereocenters. The van der Waals surface area contributed by atoms with Crippen LogP contribution in [0.15, 0.2) is 36.4 Å². The Morgan fingerprint density at radius 1 is 1.19 bits per heavy atom. The lowest BCUT2D eigenvalue weighted by Gasteiger charge is -2.16. The molecule has 2 aromatic rings. The Morgan fingerprint density at radius 2 is 1.95 bits per heavy atom. The molecule has 0 aliphatic rings. The van der Waals surface area contributed by atoms with Gasteiger partial charge in [-0.1, -0.05) is 17.7 Å². The number of hydrogen-bond acceptors (Lipinski definition) is 2. The Labute approximate surface area is 127 Å². The van der Waals surface area contributed by atoms with Gasteiger partial charge in [-0.05, 0) is 49.9 Å². The van der Waals surface area contributed by atoms with Gasteiger partial charge in [-0.25, -0.2) is 8.78 Å². The van der Waals surface area contributed by atoms with Gasteiger partial charge in [0.2, 0.25) is 0 Å². The molecule has 21 heavy (non-hydrogen) atoms. The van der Waals surface area contributed by atoms with Gasteiger partial charge in [0, 0.05) is 11.6 Å². The van der Waals surface area contributed by atoms with Crippen molar-refractivity contribution in [1.29, 1.82) is 0 Å². The second-order valence-electron chi connectivity index (χ2n) is 4.73. The Bertz CT molecular complexity index is 634. The summed E-state index contributed by atoms with van der Waals surface area (Å²) in [5.74, 6) is -0.244. The highest BCUT2D eigenvalue weighted by molar-refractivity contribution is 6.30. The Kier molecular flexibility index (Phi) is 5.15. The first kappa shape index (κ1) is 15.7. The molecule has 112 valence electrons. The molecular formula is C16H16ClF2NO. The molecule has 0 amide bonds. The Morgan fingerprint density at radius 3 is 2.62 bits per heavy atom. The second-order valence-corrected chi connectivity index (χ2v) is 5.14. The van der Waals surface area contributed by atoms with Crippen LogP contribution in [-0.2, 0) is 6.61 Å². The van der Waals surface area contributed by atoms with Crippen molar-refractivity contribution in [3.05, 3.63) is 64.2 Å². The average Bonchev–Trinajstić information content (AvgIpc) is 2.48. The summed E-state index contributed by atoms with van der Waals surface area (Å²) in [6.07, 6.45) is 0. The zero-order valence-electron chi connectivity index (χ0n) is 11.8. The highest BCUT2D eigenvalue weighted by Crippen LogP contribution is 2.27. The summed E-state index contributed by atoms with van der Waals surface area (Å²) in [6.45, 7) is 2.09. The zero-order valence-corrected chi connectivity index (χ0v) is 12.5. The summed E-state index contributed by atoms with van der Waals surface area (Å²) in [5.41, 5.74) is 1.37. The molecule has 2 rings (SSSR count). The topological polar surface area (TPSA) is 21.3 Å². The standard InChI is InChI=1S/C16H16ClF2NO/c1-10(20-2)13-8-12(18)4-6-16(13)21-9-11-3-5-14(17)15(19)7-11/h3-8,10,20H,9H2,1-2H3. The van der Waals surface area contributed by atoms with Crippen molar-refractivity contribution in [3.8, 4) is 5.75 Å². The first-order valence-corrected chi connectivity index (χ1v) is 6.92. The van der Waals surface area contributed by atoms with E-state index in [-0.39, 0.29) is 23.5 Å². The number of benzene rings is 2. The van der Waals surface area contributed by atoms with Gasteiger partial charge < -0.3 is 10.1 Å². The van der Waals surface area contributed by atoms with Crippen molar-refractivity contribution >= 4 is 11.6 Å². The van der Waals surface area contributed by atoms with E-state index in [2.05, 4.69) is 5.32 Å². The fourth-order valence-electron chi connectivity index (χ4n) is 1.94. The van der Waals surface area contributed by atoms with Gasteiger partial charge >= 0.3 is 0 Å². The maximum Gasteiger partial charge on any atom is 0.142 e. The molecular weight excluding hydrogens is 296 g/mol. The third-order valence-electron chi connectivity index (χ3n) is 3.25. The van der Waals surface area contributed by atoms with Crippen LogP contribution in [0.5, 0.6) is 5.75 Å². The van der Waals surface area contributed by atoms with Gasteiger partial charge in [0.05, 0.1) is 5.02 Å². The Balaban J connectivity index is 2.17. The van der Waals surface area contributed by atoms with E-state index < -0.39 is 5.82 Å². The van der Waals surface area contributed by atoms with Gasteiger partial charge in [0.1, 0.15) is 24.0 Å². The summed E-state index contributed by atoms with van der Waals surface area (Å²) in [5, 5.41) is 3.11. The van der Waals surface area contributed by atoms with Gasteiger partial charge in [-0.2, -0.15) is 0 Å². The predicted octanol–water partition coefficient (Wildman–Crippen LogP) is 4.48. The van der Waals surface area contributed by atoms with Crippen molar-refractivity contribution in [2.24, 2.45) is 0 Å². The molecule has 2 nitrogen and oxygen atoms in total. The molecule has 5 heteroatoms. The molecule has 0 aliphatic heterocycles. The first-order chi connectivity index (χ1) is 10.0. The summed E-state index contributed by atoms with van der Waals surface area (Å²) in [7, 11) is 1.79. The van der Waals surface area contributed by atoms with Gasteiger partial charge in [-0.15, -0.1) is 0 Å². The van der Waals surface area contributed by atoms with Crippen molar-refractivity contribution in [1.82, 2.24) is 5.32 Å². The summed E-state index contributed by atoms with van der Waals surface area (Å²) >= 11 is 5.64. The van der Waals surface area contributed by atoms with Crippen LogP contribution in [0.25, 0.3) is 0 Å². The number of rotatable bonds is 5. The van der Waals surface area contributed by atoms with Crippen molar-refractivity contribution in [2.45, 2.75) is 19.6 Å². The smallest absolute Gasteiger partial charge is 0.142 e. The maximum atomic E-state index is 13.4. The quantitative estimate of drug-likeness (QED) is 0.879. The SMILES string of the molecule is CNC(C)c1cc(F)ccc1OCc1ccc(Cl)c(F)c1. The van der Waals surface area contributed by atoms with E-state index in [0.717, 1.165) is 0 Å². The fourth-order valence-corrected chi connectivity index (χ4v) is 2.05. The van der Waals surface area contributed by atoms with Crippen molar-refractivity contribution < 1.29 is 13.5 Å². The highest BCUT2D eigenvalue weighted by Gasteiger charge is 2.12. The lowest BCUT2D eigenvalue weighted by atomic mass is 10.1. The van der Waals surface area contributed by atoms with Crippen LogP contribution in [-0.4, -0.2) is 7.05 Å². The molecule has 0 saturated carbocycles. The molecule has 0 radical (unpaired) electrons. The van der Waals surface area contributed by atoms with Crippen LogP contribution in [0.1, 0.15) is 24.1 Å². The lowest BCUT2D eigenvalue weighted by molar-refractivity contribution is 0.299. The summed E-state index contributed by atoms with van der Waals surface area (Å²) in [6, 6.07) is 8.78. The van der Waals surface area contributed by atoms with E-state index in [9.17, 15) is 8.78 Å². The molecule has 0 aliphatic carbocycles. The molecule has 1 N–H and O–H groups in total. The van der Waals surface area contributed by atoms with Gasteiger partial charge in [0.15, 0.2) is 0 Å². The first-order valence-electron chi connectivity index (χ1n) is 6.54. The van der Waals surface area contributed by atoms with E-state index in [4.69, 9.17) is 16.3 Å². The van der Waals surface area contributed by atoms with E-state index in [1.54, 1.807) is 19.2 Å². The molecule has 0 heterocycles. The normalized spacial score (nSPS) is 12.2. The van der Waals surface area contributed by atoms with Crippen molar-refractivity contribution in [2.75, 3.05) is 7.05 Å². The van der Waals surface area contributed by atoms with Crippen LogP contribution in [0.2, 0.25) is 5.02 Å². The number of halogens is 3. The third-order valence-corrected chi connectivity index (χ3v) is 3.56. The largest absolute Gasteiger partial charge is 0.489 e. The van der Waals surface area contributed by atoms with Gasteiger partial charge in [-0.3, -0.25) is 0 Å². The van der Waals surface area contributed by atoms with Gasteiger partial charge in [0.25, 0.3) is 0 Å². The van der Waals surface area contributed by atoms with Crippen molar-refractivity contribution in [3.63, 3.8) is 0 Å². The van der Waals surface area contributed by atoms with E-state index >= 15 is 0 Å². The molecule has 2 aromatic carbocycles. The van der Waals surface area contributed by atoms with Crippen LogP contribution < -0.4 is 10.1 Å². The average molecular weight is 312 g/mol. The van der Waals surface area contributed by atoms with Crippen LogP contribution in [0.3, 0.4) is 0 Å². The minimum absolute atomic E-state index is 0.0577. The minimum Gasteiger partial charge on any atom is -0.489 e. The molecule has 0 saturated heterocycles. The van der Waals surface area contributed by atoms with Crippen LogP contribution in [0.4, 0.5) is 8.78 Å². The third kappa shape index (κ3) is 3.93. The molecule has 0 aromatic heterocycles. The lowest BCUT2D eigenvalue weighted by Crippen LogP contribution is -2.14. The minimum atomic E-state index is -0.485. The maximum absolute atomic E-state index is 13.4.